The van der Waals surface area contributed by atoms with Crippen LogP contribution in [0.3, 0.4) is 0 Å². The van der Waals surface area contributed by atoms with Gasteiger partial charge < -0.3 is 10.2 Å². The molecule has 0 spiro atoms. The van der Waals surface area contributed by atoms with E-state index < -0.39 is 11.6 Å². The first-order valence-electron chi connectivity index (χ1n) is 7.58. The Morgan fingerprint density at radius 1 is 1.04 bits per heavy atom. The summed E-state index contributed by atoms with van der Waals surface area (Å²) in [4.78, 5) is 23.7. The first kappa shape index (κ1) is 19.8. The highest BCUT2D eigenvalue weighted by Crippen LogP contribution is 2.19. The molecule has 0 aliphatic carbocycles. The summed E-state index contributed by atoms with van der Waals surface area (Å²) in [6.45, 7) is 1.64. The number of amides is 2. The van der Waals surface area contributed by atoms with Gasteiger partial charge in [-0.1, -0.05) is 37.9 Å². The molecular formula is C17H16Br2F2N2O2. The zero-order chi connectivity index (χ0) is 18.4. The predicted molar refractivity (Wildman–Crippen MR) is 98.0 cm³/mol. The number of carbonyl (C=O) groups is 2. The molecule has 4 nitrogen and oxygen atoms in total. The Morgan fingerprint density at radius 2 is 1.76 bits per heavy atom. The molecular weight excluding hydrogens is 462 g/mol. The third-order valence-electron chi connectivity index (χ3n) is 3.52. The molecule has 2 aliphatic heterocycles. The number of nitrogens with one attached hydrogen (secondary N) is 1. The van der Waals surface area contributed by atoms with E-state index in [4.69, 9.17) is 0 Å². The molecule has 8 heteroatoms. The Morgan fingerprint density at radius 3 is 2.32 bits per heavy atom. The molecule has 0 saturated carbocycles. The fraction of sp³-hybridized carbons (Fsp3) is 0.294. The number of benzene rings is 1. The van der Waals surface area contributed by atoms with Gasteiger partial charge in [0, 0.05) is 40.8 Å². The van der Waals surface area contributed by atoms with Crippen molar-refractivity contribution in [3.05, 3.63) is 56.5 Å². The lowest BCUT2D eigenvalue weighted by Crippen LogP contribution is -2.32. The van der Waals surface area contributed by atoms with Crippen LogP contribution in [0.1, 0.15) is 18.4 Å². The lowest BCUT2D eigenvalue weighted by atomic mass is 10.1. The molecule has 0 aromatic heterocycles. The molecule has 2 heterocycles. The van der Waals surface area contributed by atoms with Gasteiger partial charge in [0.15, 0.2) is 11.6 Å². The van der Waals surface area contributed by atoms with Gasteiger partial charge in [-0.2, -0.15) is 0 Å². The zero-order valence-electron chi connectivity index (χ0n) is 13.2. The van der Waals surface area contributed by atoms with Crippen molar-refractivity contribution in [2.75, 3.05) is 13.1 Å². The standard InChI is InChI=1S/C12H10BrF2NO.C5H6BrNO/c13-9-3-4-16(12(17)6-9)7-8-1-2-10(14)11(15)5-8;6-4-1-2-7-5(8)3-4/h1-2,5-6H,3-4,7H2;3H,1-2H2,(H,7,8). The monoisotopic (exact) mass is 476 g/mol. The van der Waals surface area contributed by atoms with Crippen molar-refractivity contribution in [1.29, 1.82) is 0 Å². The van der Waals surface area contributed by atoms with E-state index in [1.807, 2.05) is 0 Å². The van der Waals surface area contributed by atoms with Crippen molar-refractivity contribution >= 4 is 43.7 Å². The van der Waals surface area contributed by atoms with Crippen LogP contribution in [0.2, 0.25) is 0 Å². The molecule has 1 aromatic rings. The van der Waals surface area contributed by atoms with Crippen LogP contribution in [0.25, 0.3) is 0 Å². The van der Waals surface area contributed by atoms with Crippen LogP contribution in [0.15, 0.2) is 39.3 Å². The summed E-state index contributed by atoms with van der Waals surface area (Å²) in [6.07, 6.45) is 4.73. The maximum Gasteiger partial charge on any atom is 0.247 e. The lowest BCUT2D eigenvalue weighted by Gasteiger charge is -2.24. The van der Waals surface area contributed by atoms with E-state index in [9.17, 15) is 18.4 Å². The van der Waals surface area contributed by atoms with Gasteiger partial charge in [0.1, 0.15) is 0 Å². The summed E-state index contributed by atoms with van der Waals surface area (Å²) < 4.78 is 27.6. The maximum absolute atomic E-state index is 13.0. The lowest BCUT2D eigenvalue weighted by molar-refractivity contribution is -0.127. The van der Waals surface area contributed by atoms with Gasteiger partial charge in [0.2, 0.25) is 11.8 Å². The normalized spacial score (nSPS) is 17.2. The molecule has 0 unspecified atom stereocenters. The quantitative estimate of drug-likeness (QED) is 0.705. The highest BCUT2D eigenvalue weighted by Gasteiger charge is 2.17. The molecule has 0 saturated heterocycles. The minimum Gasteiger partial charge on any atom is -0.352 e. The van der Waals surface area contributed by atoms with Gasteiger partial charge in [-0.05, 0) is 30.5 Å². The van der Waals surface area contributed by atoms with E-state index in [1.54, 1.807) is 11.0 Å². The summed E-state index contributed by atoms with van der Waals surface area (Å²) in [6, 6.07) is 3.68. The predicted octanol–water partition coefficient (Wildman–Crippen LogP) is 3.76. The second-order valence-electron chi connectivity index (χ2n) is 5.48. The molecule has 3 rings (SSSR count). The second-order valence-corrected chi connectivity index (χ2v) is 7.52. The van der Waals surface area contributed by atoms with E-state index in [2.05, 4.69) is 37.2 Å². The fourth-order valence-electron chi connectivity index (χ4n) is 2.24. The van der Waals surface area contributed by atoms with Crippen molar-refractivity contribution in [1.82, 2.24) is 10.2 Å². The van der Waals surface area contributed by atoms with Crippen LogP contribution in [0.4, 0.5) is 8.78 Å². The molecule has 0 bridgehead atoms. The molecule has 2 amide bonds. The molecule has 0 atom stereocenters. The second kappa shape index (κ2) is 9.24. The largest absolute Gasteiger partial charge is 0.352 e. The van der Waals surface area contributed by atoms with E-state index in [0.29, 0.717) is 18.7 Å². The summed E-state index contributed by atoms with van der Waals surface area (Å²) in [5.41, 5.74) is 0.587. The van der Waals surface area contributed by atoms with Crippen molar-refractivity contribution in [3.8, 4) is 0 Å². The number of hydrogen-bond acceptors (Lipinski definition) is 2. The van der Waals surface area contributed by atoms with Crippen LogP contribution >= 0.6 is 31.9 Å². The van der Waals surface area contributed by atoms with Gasteiger partial charge in [-0.15, -0.1) is 0 Å². The van der Waals surface area contributed by atoms with Crippen molar-refractivity contribution in [3.63, 3.8) is 0 Å². The van der Waals surface area contributed by atoms with Crippen molar-refractivity contribution < 1.29 is 18.4 Å². The summed E-state index contributed by atoms with van der Waals surface area (Å²) in [5.74, 6) is -1.87. The van der Waals surface area contributed by atoms with Crippen LogP contribution < -0.4 is 5.32 Å². The summed E-state index contributed by atoms with van der Waals surface area (Å²) in [7, 11) is 0. The molecule has 0 fully saturated rings. The minimum absolute atomic E-state index is 0.00289. The number of nitrogens with zero attached hydrogens (tertiary/aromatic N) is 1. The molecule has 0 radical (unpaired) electrons. The first-order valence-corrected chi connectivity index (χ1v) is 9.16. The highest BCUT2D eigenvalue weighted by atomic mass is 79.9. The Kier molecular flexibility index (Phi) is 7.31. The number of carbonyl (C=O) groups excluding carboxylic acids is 2. The molecule has 2 aliphatic rings. The fourth-order valence-corrected chi connectivity index (χ4v) is 3.01. The van der Waals surface area contributed by atoms with Gasteiger partial charge in [0.05, 0.1) is 0 Å². The first-order chi connectivity index (χ1) is 11.8. The number of rotatable bonds is 2. The Balaban J connectivity index is 0.000000236. The molecule has 25 heavy (non-hydrogen) atoms. The Hall–Kier alpha value is -1.54. The van der Waals surface area contributed by atoms with Gasteiger partial charge >= 0.3 is 0 Å². The van der Waals surface area contributed by atoms with Crippen LogP contribution in [0.5, 0.6) is 0 Å². The maximum atomic E-state index is 13.0. The number of hydrogen-bond donors (Lipinski definition) is 1. The zero-order valence-corrected chi connectivity index (χ0v) is 16.4. The third kappa shape index (κ3) is 6.36. The summed E-state index contributed by atoms with van der Waals surface area (Å²) >= 11 is 6.50. The van der Waals surface area contributed by atoms with Crippen molar-refractivity contribution in [2.45, 2.75) is 19.4 Å². The molecule has 1 N–H and O–H groups in total. The molecule has 1 aromatic carbocycles. The van der Waals surface area contributed by atoms with Crippen LogP contribution in [0, 0.1) is 11.6 Å². The van der Waals surface area contributed by atoms with E-state index in [-0.39, 0.29) is 11.8 Å². The minimum atomic E-state index is -0.885. The number of halogens is 4. The SMILES string of the molecule is O=C1C=C(Br)CCN1.O=C1C=C(Br)CCN1Cc1ccc(F)c(F)c1. The third-order valence-corrected chi connectivity index (χ3v) is 4.77. The smallest absolute Gasteiger partial charge is 0.247 e. The van der Waals surface area contributed by atoms with Crippen LogP contribution in [-0.2, 0) is 16.1 Å². The van der Waals surface area contributed by atoms with E-state index in [1.165, 1.54) is 12.1 Å². The van der Waals surface area contributed by atoms with Gasteiger partial charge in [-0.25, -0.2) is 8.78 Å². The Bertz CT molecular complexity index is 735. The highest BCUT2D eigenvalue weighted by molar-refractivity contribution is 9.12. The van der Waals surface area contributed by atoms with Gasteiger partial charge in [-0.3, -0.25) is 9.59 Å². The average molecular weight is 478 g/mol. The summed E-state index contributed by atoms with van der Waals surface area (Å²) in [5, 5.41) is 2.67. The average Bonchev–Trinajstić information content (AvgIpc) is 2.54. The van der Waals surface area contributed by atoms with E-state index in [0.717, 1.165) is 40.5 Å². The van der Waals surface area contributed by atoms with E-state index >= 15 is 0 Å². The van der Waals surface area contributed by atoms with Crippen molar-refractivity contribution in [2.24, 2.45) is 0 Å². The molecule has 134 valence electrons. The Labute approximate surface area is 161 Å². The topological polar surface area (TPSA) is 49.4 Å². The van der Waals surface area contributed by atoms with Crippen LogP contribution in [-0.4, -0.2) is 29.8 Å². The van der Waals surface area contributed by atoms with Gasteiger partial charge in [0.25, 0.3) is 0 Å².